The molecule has 0 radical (unpaired) electrons. The van der Waals surface area contributed by atoms with Gasteiger partial charge in [0, 0.05) is 32.5 Å². The fourth-order valence-electron chi connectivity index (χ4n) is 1.61. The molecule has 1 fully saturated rings. The van der Waals surface area contributed by atoms with Crippen LogP contribution in [0.25, 0.3) is 0 Å². The van der Waals surface area contributed by atoms with E-state index in [-0.39, 0.29) is 0 Å². The van der Waals surface area contributed by atoms with Gasteiger partial charge in [0.1, 0.15) is 0 Å². The average molecular weight is 170 g/mol. The van der Waals surface area contributed by atoms with E-state index in [1.54, 1.807) is 0 Å². The van der Waals surface area contributed by atoms with Gasteiger partial charge in [0.2, 0.25) is 0 Å². The number of nitrogens with zero attached hydrogens (tertiary/aromatic N) is 2. The van der Waals surface area contributed by atoms with Gasteiger partial charge < -0.3 is 10.1 Å². The van der Waals surface area contributed by atoms with Gasteiger partial charge in [-0.05, 0) is 5.92 Å². The van der Waals surface area contributed by atoms with Gasteiger partial charge in [-0.2, -0.15) is 0 Å². The van der Waals surface area contributed by atoms with Gasteiger partial charge in [-0.1, -0.05) is 19.0 Å². The van der Waals surface area contributed by atoms with Gasteiger partial charge in [-0.25, -0.2) is 0 Å². The Morgan fingerprint density at radius 1 is 1.42 bits per heavy atom. The standard InChI is InChI=1S/C9H18N2O/c1-8(2)7-11-5-3-9(10-12)4-6-11/h8,12H,3-7H2,1-2H3. The van der Waals surface area contributed by atoms with Crippen LogP contribution in [0.2, 0.25) is 0 Å². The van der Waals surface area contributed by atoms with Crippen molar-refractivity contribution in [2.24, 2.45) is 11.1 Å². The Labute approximate surface area is 74.1 Å². The highest BCUT2D eigenvalue weighted by atomic mass is 16.4. The highest BCUT2D eigenvalue weighted by Gasteiger charge is 2.15. The lowest BCUT2D eigenvalue weighted by atomic mass is 10.1. The quantitative estimate of drug-likeness (QED) is 0.504. The Bertz CT molecular complexity index is 156. The Morgan fingerprint density at radius 3 is 2.42 bits per heavy atom. The van der Waals surface area contributed by atoms with Crippen molar-refractivity contribution in [2.75, 3.05) is 19.6 Å². The summed E-state index contributed by atoms with van der Waals surface area (Å²) in [6, 6.07) is 0. The molecule has 0 aromatic heterocycles. The molecule has 0 saturated carbocycles. The Morgan fingerprint density at radius 2 is 2.00 bits per heavy atom. The molecule has 0 aromatic rings. The summed E-state index contributed by atoms with van der Waals surface area (Å²) in [5.74, 6) is 0.734. The van der Waals surface area contributed by atoms with Crippen LogP contribution in [0.15, 0.2) is 5.16 Å². The molecule has 3 nitrogen and oxygen atoms in total. The second kappa shape index (κ2) is 4.45. The Hall–Kier alpha value is -0.570. The highest BCUT2D eigenvalue weighted by molar-refractivity contribution is 5.84. The van der Waals surface area contributed by atoms with E-state index in [1.807, 2.05) is 0 Å². The zero-order chi connectivity index (χ0) is 8.97. The van der Waals surface area contributed by atoms with Gasteiger partial charge >= 0.3 is 0 Å². The molecule has 0 amide bonds. The van der Waals surface area contributed by atoms with Crippen molar-refractivity contribution in [1.82, 2.24) is 4.90 Å². The molecular weight excluding hydrogens is 152 g/mol. The monoisotopic (exact) mass is 170 g/mol. The number of hydrogen-bond donors (Lipinski definition) is 1. The van der Waals surface area contributed by atoms with Crippen molar-refractivity contribution in [3.63, 3.8) is 0 Å². The summed E-state index contributed by atoms with van der Waals surface area (Å²) in [5, 5.41) is 11.8. The molecule has 0 aromatic carbocycles. The first kappa shape index (κ1) is 9.52. The summed E-state index contributed by atoms with van der Waals surface area (Å²) in [4.78, 5) is 2.43. The third kappa shape index (κ3) is 2.81. The first-order chi connectivity index (χ1) is 5.72. The summed E-state index contributed by atoms with van der Waals surface area (Å²) < 4.78 is 0. The summed E-state index contributed by atoms with van der Waals surface area (Å²) in [6.07, 6.45) is 1.87. The van der Waals surface area contributed by atoms with Crippen LogP contribution in [0.3, 0.4) is 0 Å². The van der Waals surface area contributed by atoms with E-state index in [0.29, 0.717) is 0 Å². The normalized spacial score (nSPS) is 20.1. The molecule has 1 aliphatic rings. The molecule has 1 rings (SSSR count). The van der Waals surface area contributed by atoms with Crippen LogP contribution in [0.5, 0.6) is 0 Å². The first-order valence-corrected chi connectivity index (χ1v) is 4.64. The van der Waals surface area contributed by atoms with E-state index in [4.69, 9.17) is 5.21 Å². The van der Waals surface area contributed by atoms with Crippen molar-refractivity contribution < 1.29 is 5.21 Å². The maximum absolute atomic E-state index is 8.53. The van der Waals surface area contributed by atoms with Crippen LogP contribution in [0.1, 0.15) is 26.7 Å². The fourth-order valence-corrected chi connectivity index (χ4v) is 1.61. The molecule has 0 bridgehead atoms. The lowest BCUT2D eigenvalue weighted by Crippen LogP contribution is -2.36. The molecule has 3 heteroatoms. The smallest absolute Gasteiger partial charge is 0.0596 e. The van der Waals surface area contributed by atoms with Crippen LogP contribution in [0, 0.1) is 5.92 Å². The second-order valence-electron chi connectivity index (χ2n) is 3.86. The highest BCUT2D eigenvalue weighted by Crippen LogP contribution is 2.09. The van der Waals surface area contributed by atoms with E-state index in [1.165, 1.54) is 6.54 Å². The molecule has 0 aliphatic carbocycles. The van der Waals surface area contributed by atoms with Gasteiger partial charge in [0.05, 0.1) is 5.71 Å². The summed E-state index contributed by atoms with van der Waals surface area (Å²) in [7, 11) is 0. The number of piperidine rings is 1. The predicted octanol–water partition coefficient (Wildman–Crippen LogP) is 1.57. The van der Waals surface area contributed by atoms with Crippen molar-refractivity contribution in [1.29, 1.82) is 0 Å². The molecule has 1 aliphatic heterocycles. The zero-order valence-corrected chi connectivity index (χ0v) is 7.95. The van der Waals surface area contributed by atoms with E-state index in [9.17, 15) is 0 Å². The van der Waals surface area contributed by atoms with Crippen molar-refractivity contribution in [3.8, 4) is 0 Å². The molecule has 70 valence electrons. The van der Waals surface area contributed by atoms with Crippen LogP contribution in [-0.4, -0.2) is 35.5 Å². The first-order valence-electron chi connectivity index (χ1n) is 4.64. The molecule has 1 heterocycles. The zero-order valence-electron chi connectivity index (χ0n) is 7.95. The SMILES string of the molecule is CC(C)CN1CCC(=NO)CC1. The molecule has 1 saturated heterocycles. The number of rotatable bonds is 2. The number of likely N-dealkylation sites (tertiary alicyclic amines) is 1. The van der Waals surface area contributed by atoms with E-state index >= 15 is 0 Å². The minimum atomic E-state index is 0.734. The summed E-state index contributed by atoms with van der Waals surface area (Å²) >= 11 is 0. The number of oxime groups is 1. The van der Waals surface area contributed by atoms with Crippen molar-refractivity contribution >= 4 is 5.71 Å². The lowest BCUT2D eigenvalue weighted by molar-refractivity contribution is 0.238. The molecular formula is C9H18N2O. The van der Waals surface area contributed by atoms with Gasteiger partial charge in [0.15, 0.2) is 0 Å². The van der Waals surface area contributed by atoms with E-state index < -0.39 is 0 Å². The maximum atomic E-state index is 8.53. The minimum absolute atomic E-state index is 0.734. The van der Waals surface area contributed by atoms with Crippen molar-refractivity contribution in [2.45, 2.75) is 26.7 Å². The van der Waals surface area contributed by atoms with Crippen LogP contribution in [-0.2, 0) is 0 Å². The lowest BCUT2D eigenvalue weighted by Gasteiger charge is -2.28. The van der Waals surface area contributed by atoms with Gasteiger partial charge in [-0.3, -0.25) is 0 Å². The van der Waals surface area contributed by atoms with Crippen LogP contribution < -0.4 is 0 Å². The molecule has 0 atom stereocenters. The van der Waals surface area contributed by atoms with E-state index in [0.717, 1.165) is 37.6 Å². The van der Waals surface area contributed by atoms with Crippen molar-refractivity contribution in [3.05, 3.63) is 0 Å². The number of hydrogen-bond acceptors (Lipinski definition) is 3. The largest absolute Gasteiger partial charge is 0.411 e. The summed E-state index contributed by atoms with van der Waals surface area (Å²) in [5.41, 5.74) is 0.954. The maximum Gasteiger partial charge on any atom is 0.0596 e. The van der Waals surface area contributed by atoms with Crippen LogP contribution >= 0.6 is 0 Å². The predicted molar refractivity (Wildman–Crippen MR) is 49.7 cm³/mol. The molecule has 1 N–H and O–H groups in total. The molecule has 0 spiro atoms. The van der Waals surface area contributed by atoms with Gasteiger partial charge in [-0.15, -0.1) is 0 Å². The second-order valence-corrected chi connectivity index (χ2v) is 3.86. The third-order valence-electron chi connectivity index (χ3n) is 2.20. The molecule has 0 unspecified atom stereocenters. The van der Waals surface area contributed by atoms with E-state index in [2.05, 4.69) is 23.9 Å². The third-order valence-corrected chi connectivity index (χ3v) is 2.20. The summed E-state index contributed by atoms with van der Waals surface area (Å²) in [6.45, 7) is 7.74. The van der Waals surface area contributed by atoms with Gasteiger partial charge in [0.25, 0.3) is 0 Å². The van der Waals surface area contributed by atoms with Crippen LogP contribution in [0.4, 0.5) is 0 Å². The molecule has 12 heavy (non-hydrogen) atoms. The Balaban J connectivity index is 2.26. The minimum Gasteiger partial charge on any atom is -0.411 e. The fraction of sp³-hybridized carbons (Fsp3) is 0.889. The average Bonchev–Trinajstić information content (AvgIpc) is 2.05. The Kier molecular flexibility index (Phi) is 3.53. The topological polar surface area (TPSA) is 35.8 Å².